The number of thiazole rings is 1. The van der Waals surface area contributed by atoms with Crippen LogP contribution in [0.1, 0.15) is 11.1 Å². The largest absolute Gasteiger partial charge is 0.361 e. The van der Waals surface area contributed by atoms with Gasteiger partial charge in [0.15, 0.2) is 5.13 Å². The lowest BCUT2D eigenvalue weighted by Gasteiger charge is -2.02. The maximum atomic E-state index is 6.08. The summed E-state index contributed by atoms with van der Waals surface area (Å²) >= 11 is 7.73. The fraction of sp³-hybridized carbons (Fsp3) is 0.188. The van der Waals surface area contributed by atoms with Gasteiger partial charge in [-0.25, -0.2) is 4.98 Å². The first-order valence-corrected chi connectivity index (χ1v) is 7.76. The van der Waals surface area contributed by atoms with Crippen LogP contribution in [0.3, 0.4) is 0 Å². The topological polar surface area (TPSA) is 24.9 Å². The van der Waals surface area contributed by atoms with Crippen LogP contribution in [0.5, 0.6) is 0 Å². The molecule has 0 radical (unpaired) electrons. The highest BCUT2D eigenvalue weighted by Gasteiger charge is 2.07. The van der Waals surface area contributed by atoms with Crippen LogP contribution in [0.25, 0.3) is 10.2 Å². The van der Waals surface area contributed by atoms with Crippen LogP contribution in [0.4, 0.5) is 5.13 Å². The van der Waals surface area contributed by atoms with Gasteiger partial charge in [-0.2, -0.15) is 0 Å². The van der Waals surface area contributed by atoms with Crippen LogP contribution < -0.4 is 5.32 Å². The molecule has 0 aliphatic rings. The van der Waals surface area contributed by atoms with Crippen molar-refractivity contribution in [2.45, 2.75) is 13.3 Å². The smallest absolute Gasteiger partial charge is 0.183 e. The molecule has 0 fully saturated rings. The third-order valence-electron chi connectivity index (χ3n) is 3.18. The lowest BCUT2D eigenvalue weighted by atomic mass is 10.1. The predicted molar refractivity (Wildman–Crippen MR) is 88.0 cm³/mol. The Labute approximate surface area is 127 Å². The molecule has 0 saturated heterocycles. The summed E-state index contributed by atoms with van der Waals surface area (Å²) in [6.45, 7) is 2.93. The van der Waals surface area contributed by atoms with Gasteiger partial charge in [-0.3, -0.25) is 0 Å². The number of rotatable bonds is 4. The molecule has 1 aromatic heterocycles. The number of aryl methyl sites for hydroxylation is 1. The van der Waals surface area contributed by atoms with Crippen LogP contribution >= 0.6 is 22.9 Å². The second-order valence-corrected chi connectivity index (χ2v) is 6.22. The summed E-state index contributed by atoms with van der Waals surface area (Å²) in [6, 6.07) is 14.4. The molecule has 0 aliphatic heterocycles. The van der Waals surface area contributed by atoms with Gasteiger partial charge in [0, 0.05) is 11.6 Å². The van der Waals surface area contributed by atoms with E-state index in [0.717, 1.165) is 38.9 Å². The molecule has 0 unspecified atom stereocenters. The maximum absolute atomic E-state index is 6.08. The quantitative estimate of drug-likeness (QED) is 0.740. The van der Waals surface area contributed by atoms with Gasteiger partial charge in [-0.15, -0.1) is 0 Å². The van der Waals surface area contributed by atoms with Crippen molar-refractivity contribution in [2.24, 2.45) is 0 Å². The third kappa shape index (κ3) is 2.94. The minimum Gasteiger partial charge on any atom is -0.361 e. The van der Waals surface area contributed by atoms with E-state index in [1.807, 2.05) is 25.1 Å². The van der Waals surface area contributed by atoms with Gasteiger partial charge < -0.3 is 5.32 Å². The van der Waals surface area contributed by atoms with Crippen molar-refractivity contribution in [1.82, 2.24) is 4.98 Å². The average Bonchev–Trinajstić information content (AvgIpc) is 2.83. The number of nitrogens with zero attached hydrogens (tertiary/aromatic N) is 1. The number of fused-ring (bicyclic) bond motifs is 1. The first kappa shape index (κ1) is 13.4. The first-order chi connectivity index (χ1) is 9.72. The zero-order valence-electron chi connectivity index (χ0n) is 11.2. The van der Waals surface area contributed by atoms with E-state index in [9.17, 15) is 0 Å². The fourth-order valence-electron chi connectivity index (χ4n) is 2.19. The van der Waals surface area contributed by atoms with Crippen molar-refractivity contribution in [3.05, 3.63) is 58.6 Å². The molecule has 1 heterocycles. The first-order valence-electron chi connectivity index (χ1n) is 6.57. The molecular formula is C16H15ClN2S. The van der Waals surface area contributed by atoms with E-state index in [4.69, 9.17) is 11.6 Å². The molecule has 0 atom stereocenters. The van der Waals surface area contributed by atoms with Crippen LogP contribution in [0.2, 0.25) is 5.02 Å². The predicted octanol–water partition coefficient (Wildman–Crippen LogP) is 4.91. The van der Waals surface area contributed by atoms with Crippen LogP contribution in [-0.4, -0.2) is 11.5 Å². The van der Waals surface area contributed by atoms with E-state index < -0.39 is 0 Å². The Balaban J connectivity index is 1.70. The molecule has 4 heteroatoms. The van der Waals surface area contributed by atoms with Gasteiger partial charge in [0.1, 0.15) is 0 Å². The van der Waals surface area contributed by atoms with E-state index in [-0.39, 0.29) is 0 Å². The Hall–Kier alpha value is -1.58. The molecule has 3 aromatic rings. The zero-order valence-corrected chi connectivity index (χ0v) is 12.8. The molecule has 0 saturated carbocycles. The van der Waals surface area contributed by atoms with Crippen molar-refractivity contribution in [3.63, 3.8) is 0 Å². The number of halogens is 1. The maximum Gasteiger partial charge on any atom is 0.183 e. The summed E-state index contributed by atoms with van der Waals surface area (Å²) in [5, 5.41) is 5.13. The lowest BCUT2D eigenvalue weighted by molar-refractivity contribution is 1.02. The van der Waals surface area contributed by atoms with Crippen molar-refractivity contribution in [1.29, 1.82) is 0 Å². The summed E-state index contributed by atoms with van der Waals surface area (Å²) < 4.78 is 1.14. The number of anilines is 1. The summed E-state index contributed by atoms with van der Waals surface area (Å²) in [6.07, 6.45) is 0.997. The minimum atomic E-state index is 0.773. The second kappa shape index (κ2) is 5.81. The van der Waals surface area contributed by atoms with Gasteiger partial charge in [0.25, 0.3) is 0 Å². The highest BCUT2D eigenvalue weighted by Crippen LogP contribution is 2.30. The Bertz CT molecular complexity index is 722. The SMILES string of the molecule is Cc1cc(Cl)cc2sc(NCCc3ccccc3)nc12. The molecule has 0 bridgehead atoms. The van der Waals surface area contributed by atoms with Gasteiger partial charge in [-0.1, -0.05) is 53.3 Å². The molecule has 0 spiro atoms. The van der Waals surface area contributed by atoms with Crippen LogP contribution in [0, 0.1) is 6.92 Å². The van der Waals surface area contributed by atoms with Gasteiger partial charge >= 0.3 is 0 Å². The minimum absolute atomic E-state index is 0.773. The summed E-state index contributed by atoms with van der Waals surface area (Å²) in [5.74, 6) is 0. The molecule has 2 nitrogen and oxygen atoms in total. The van der Waals surface area contributed by atoms with Crippen molar-refractivity contribution in [3.8, 4) is 0 Å². The van der Waals surface area contributed by atoms with Crippen molar-refractivity contribution < 1.29 is 0 Å². The van der Waals surface area contributed by atoms with Crippen LogP contribution in [0.15, 0.2) is 42.5 Å². The molecule has 1 N–H and O–H groups in total. The second-order valence-electron chi connectivity index (χ2n) is 4.75. The highest BCUT2D eigenvalue weighted by molar-refractivity contribution is 7.22. The standard InChI is InChI=1S/C16H15ClN2S/c1-11-9-13(17)10-14-15(11)19-16(20-14)18-8-7-12-5-3-2-4-6-12/h2-6,9-10H,7-8H2,1H3,(H,18,19). The van der Waals surface area contributed by atoms with E-state index in [1.165, 1.54) is 5.56 Å². The number of nitrogens with one attached hydrogen (secondary N) is 1. The molecule has 2 aromatic carbocycles. The van der Waals surface area contributed by atoms with E-state index in [2.05, 4.69) is 34.6 Å². The van der Waals surface area contributed by atoms with Gasteiger partial charge in [-0.05, 0) is 36.6 Å². The number of benzene rings is 2. The van der Waals surface area contributed by atoms with Crippen molar-refractivity contribution in [2.75, 3.05) is 11.9 Å². The Morgan fingerprint density at radius 1 is 1.20 bits per heavy atom. The summed E-state index contributed by atoms with van der Waals surface area (Å²) in [5.41, 5.74) is 3.50. The van der Waals surface area contributed by atoms with Gasteiger partial charge in [0.05, 0.1) is 10.2 Å². The van der Waals surface area contributed by atoms with Gasteiger partial charge in [0.2, 0.25) is 0 Å². The number of hydrogen-bond acceptors (Lipinski definition) is 3. The van der Waals surface area contributed by atoms with Crippen molar-refractivity contribution >= 4 is 38.3 Å². The normalized spacial score (nSPS) is 10.9. The highest BCUT2D eigenvalue weighted by atomic mass is 35.5. The Kier molecular flexibility index (Phi) is 3.90. The zero-order chi connectivity index (χ0) is 13.9. The Morgan fingerprint density at radius 2 is 2.00 bits per heavy atom. The van der Waals surface area contributed by atoms with E-state index in [1.54, 1.807) is 11.3 Å². The average molecular weight is 303 g/mol. The fourth-order valence-corrected chi connectivity index (χ4v) is 3.53. The number of aromatic nitrogens is 1. The summed E-state index contributed by atoms with van der Waals surface area (Å²) in [7, 11) is 0. The Morgan fingerprint density at radius 3 is 2.80 bits per heavy atom. The van der Waals surface area contributed by atoms with E-state index >= 15 is 0 Å². The molecule has 0 amide bonds. The molecule has 102 valence electrons. The third-order valence-corrected chi connectivity index (χ3v) is 4.36. The monoisotopic (exact) mass is 302 g/mol. The molecule has 0 aliphatic carbocycles. The molecular weight excluding hydrogens is 288 g/mol. The summed E-state index contributed by atoms with van der Waals surface area (Å²) in [4.78, 5) is 4.63. The number of hydrogen-bond donors (Lipinski definition) is 1. The lowest BCUT2D eigenvalue weighted by Crippen LogP contribution is -2.04. The van der Waals surface area contributed by atoms with Crippen LogP contribution in [-0.2, 0) is 6.42 Å². The molecule has 3 rings (SSSR count). The molecule has 20 heavy (non-hydrogen) atoms. The van der Waals surface area contributed by atoms with E-state index in [0.29, 0.717) is 0 Å².